The summed E-state index contributed by atoms with van der Waals surface area (Å²) in [5.74, 6) is 0. The van der Waals surface area contributed by atoms with E-state index in [1.807, 2.05) is 0 Å². The number of unbranched alkanes of at least 4 members (excludes halogenated alkanes) is 8. The molecular weight excluding hydrogens is 204 g/mol. The zero-order valence-corrected chi connectivity index (χ0v) is 12.1. The van der Waals surface area contributed by atoms with Gasteiger partial charge >= 0.3 is 0 Å². The van der Waals surface area contributed by atoms with Crippen molar-refractivity contribution in [2.75, 3.05) is 0 Å². The van der Waals surface area contributed by atoms with E-state index in [2.05, 4.69) is 32.6 Å². The molecule has 0 aliphatic rings. The first kappa shape index (κ1) is 16.5. The van der Waals surface area contributed by atoms with Crippen LogP contribution in [0.25, 0.3) is 0 Å². The van der Waals surface area contributed by atoms with Crippen LogP contribution in [0.4, 0.5) is 0 Å². The lowest BCUT2D eigenvalue weighted by molar-refractivity contribution is 0.631. The van der Waals surface area contributed by atoms with Crippen LogP contribution < -0.4 is 0 Å². The summed E-state index contributed by atoms with van der Waals surface area (Å²) in [6, 6.07) is 0. The second-order valence-electron chi connectivity index (χ2n) is 5.00. The zero-order chi connectivity index (χ0) is 12.8. The van der Waals surface area contributed by atoms with E-state index in [4.69, 9.17) is 0 Å². The fourth-order valence-corrected chi connectivity index (χ4v) is 2.08. The minimum absolute atomic E-state index is 1.24. The van der Waals surface area contributed by atoms with Gasteiger partial charge in [0.25, 0.3) is 0 Å². The highest BCUT2D eigenvalue weighted by atomic mass is 14.0. The van der Waals surface area contributed by atoms with Crippen molar-refractivity contribution in [1.29, 1.82) is 0 Å². The van der Waals surface area contributed by atoms with Gasteiger partial charge in [-0.3, -0.25) is 0 Å². The van der Waals surface area contributed by atoms with Crippen LogP contribution in [0.5, 0.6) is 0 Å². The molecule has 0 aromatic carbocycles. The average Bonchev–Trinajstić information content (AvgIpc) is 2.36. The molecule has 0 nitrogen and oxygen atoms in total. The zero-order valence-electron chi connectivity index (χ0n) is 12.1. The highest BCUT2D eigenvalue weighted by Gasteiger charge is 1.94. The Morgan fingerprint density at radius 1 is 0.824 bits per heavy atom. The van der Waals surface area contributed by atoms with Gasteiger partial charge in [0.05, 0.1) is 0 Å². The lowest BCUT2D eigenvalue weighted by Crippen LogP contribution is -1.83. The van der Waals surface area contributed by atoms with E-state index in [0.29, 0.717) is 0 Å². The van der Waals surface area contributed by atoms with Crippen LogP contribution in [-0.4, -0.2) is 0 Å². The number of allylic oxidation sites excluding steroid dienone is 3. The Hall–Kier alpha value is -0.520. The molecule has 100 valence electrons. The van der Waals surface area contributed by atoms with Crippen molar-refractivity contribution in [2.45, 2.75) is 84.5 Å². The SMILES string of the molecule is C=C/C(=C\CCCCCC)CCCCCCC. The second-order valence-corrected chi connectivity index (χ2v) is 5.00. The van der Waals surface area contributed by atoms with Gasteiger partial charge in [-0.15, -0.1) is 0 Å². The molecule has 0 rings (SSSR count). The monoisotopic (exact) mass is 236 g/mol. The summed E-state index contributed by atoms with van der Waals surface area (Å²) in [5.41, 5.74) is 1.47. The quantitative estimate of drug-likeness (QED) is 0.270. The maximum absolute atomic E-state index is 3.92. The van der Waals surface area contributed by atoms with E-state index >= 15 is 0 Å². The Labute approximate surface area is 109 Å². The first-order valence-electron chi connectivity index (χ1n) is 7.66. The minimum atomic E-state index is 1.24. The first-order valence-corrected chi connectivity index (χ1v) is 7.66. The number of hydrogen-bond donors (Lipinski definition) is 0. The predicted octanol–water partition coefficient (Wildman–Crippen LogP) is 6.43. The molecule has 0 radical (unpaired) electrons. The van der Waals surface area contributed by atoms with Crippen molar-refractivity contribution in [3.63, 3.8) is 0 Å². The van der Waals surface area contributed by atoms with Gasteiger partial charge in [-0.25, -0.2) is 0 Å². The van der Waals surface area contributed by atoms with Crippen LogP contribution in [0.15, 0.2) is 24.3 Å². The van der Waals surface area contributed by atoms with E-state index in [1.165, 1.54) is 76.2 Å². The molecule has 0 fully saturated rings. The Morgan fingerprint density at radius 3 is 2.00 bits per heavy atom. The van der Waals surface area contributed by atoms with Crippen LogP contribution in [0.1, 0.15) is 84.5 Å². The standard InChI is InChI=1S/C17H32/c1-4-7-9-11-13-15-17(6-3)16-14-12-10-8-5-2/h6,15H,3-5,7-14,16H2,1-2H3/b17-15+. The molecule has 0 aliphatic heterocycles. The highest BCUT2D eigenvalue weighted by Crippen LogP contribution is 2.14. The van der Waals surface area contributed by atoms with Crippen molar-refractivity contribution >= 4 is 0 Å². The summed E-state index contributed by atoms with van der Waals surface area (Å²) in [6.07, 6.45) is 19.2. The molecular formula is C17H32. The van der Waals surface area contributed by atoms with Crippen molar-refractivity contribution in [2.24, 2.45) is 0 Å². The molecule has 0 saturated heterocycles. The fraction of sp³-hybridized carbons (Fsp3) is 0.765. The molecule has 0 aromatic heterocycles. The van der Waals surface area contributed by atoms with Crippen molar-refractivity contribution < 1.29 is 0 Å². The molecule has 0 bridgehead atoms. The van der Waals surface area contributed by atoms with Gasteiger partial charge in [0.15, 0.2) is 0 Å². The highest BCUT2D eigenvalue weighted by molar-refractivity contribution is 5.15. The van der Waals surface area contributed by atoms with Gasteiger partial charge in [-0.1, -0.05) is 83.1 Å². The second kappa shape index (κ2) is 13.5. The van der Waals surface area contributed by atoms with Crippen LogP contribution in [0.2, 0.25) is 0 Å². The Morgan fingerprint density at radius 2 is 1.41 bits per heavy atom. The molecule has 0 heteroatoms. The molecule has 17 heavy (non-hydrogen) atoms. The van der Waals surface area contributed by atoms with Gasteiger partial charge in [0.1, 0.15) is 0 Å². The fourth-order valence-electron chi connectivity index (χ4n) is 2.08. The van der Waals surface area contributed by atoms with Crippen LogP contribution in [0, 0.1) is 0 Å². The normalized spacial score (nSPS) is 11.8. The Bertz CT molecular complexity index is 188. The van der Waals surface area contributed by atoms with Gasteiger partial charge < -0.3 is 0 Å². The van der Waals surface area contributed by atoms with E-state index in [0.717, 1.165) is 0 Å². The summed E-state index contributed by atoms with van der Waals surface area (Å²) in [4.78, 5) is 0. The third-order valence-corrected chi connectivity index (χ3v) is 3.30. The summed E-state index contributed by atoms with van der Waals surface area (Å²) in [6.45, 7) is 8.46. The number of hydrogen-bond acceptors (Lipinski definition) is 0. The first-order chi connectivity index (χ1) is 8.35. The van der Waals surface area contributed by atoms with Crippen LogP contribution in [0.3, 0.4) is 0 Å². The third kappa shape index (κ3) is 11.7. The molecule has 0 unspecified atom stereocenters. The van der Waals surface area contributed by atoms with Crippen molar-refractivity contribution in [1.82, 2.24) is 0 Å². The molecule has 0 heterocycles. The topological polar surface area (TPSA) is 0 Å². The van der Waals surface area contributed by atoms with Crippen molar-refractivity contribution in [3.8, 4) is 0 Å². The third-order valence-electron chi connectivity index (χ3n) is 3.30. The molecule has 0 saturated carbocycles. The predicted molar refractivity (Wildman–Crippen MR) is 80.4 cm³/mol. The summed E-state index contributed by atoms with van der Waals surface area (Å²) >= 11 is 0. The minimum Gasteiger partial charge on any atom is -0.0988 e. The van der Waals surface area contributed by atoms with Gasteiger partial charge in [-0.2, -0.15) is 0 Å². The van der Waals surface area contributed by atoms with Gasteiger partial charge in [0, 0.05) is 0 Å². The van der Waals surface area contributed by atoms with Crippen LogP contribution in [-0.2, 0) is 0 Å². The smallest absolute Gasteiger partial charge is 0.0282 e. The maximum atomic E-state index is 3.92. The van der Waals surface area contributed by atoms with E-state index in [9.17, 15) is 0 Å². The maximum Gasteiger partial charge on any atom is -0.0282 e. The van der Waals surface area contributed by atoms with E-state index in [1.54, 1.807) is 0 Å². The lowest BCUT2D eigenvalue weighted by atomic mass is 10.0. The van der Waals surface area contributed by atoms with E-state index < -0.39 is 0 Å². The molecule has 0 aliphatic carbocycles. The van der Waals surface area contributed by atoms with Crippen LogP contribution >= 0.6 is 0 Å². The van der Waals surface area contributed by atoms with Crippen molar-refractivity contribution in [3.05, 3.63) is 24.3 Å². The molecule has 0 spiro atoms. The summed E-state index contributed by atoms with van der Waals surface area (Å²) in [7, 11) is 0. The Balaban J connectivity index is 3.52. The summed E-state index contributed by atoms with van der Waals surface area (Å²) < 4.78 is 0. The molecule has 0 amide bonds. The lowest BCUT2D eigenvalue weighted by Gasteiger charge is -2.03. The Kier molecular flexibility index (Phi) is 13.1. The van der Waals surface area contributed by atoms with E-state index in [-0.39, 0.29) is 0 Å². The van der Waals surface area contributed by atoms with Gasteiger partial charge in [0.2, 0.25) is 0 Å². The number of rotatable bonds is 12. The molecule has 0 N–H and O–H groups in total. The largest absolute Gasteiger partial charge is 0.0988 e. The average molecular weight is 236 g/mol. The van der Waals surface area contributed by atoms with Gasteiger partial charge in [-0.05, 0) is 25.7 Å². The molecule has 0 aromatic rings. The summed E-state index contributed by atoms with van der Waals surface area (Å²) in [5, 5.41) is 0. The molecule has 0 atom stereocenters.